The first kappa shape index (κ1) is 12.0. The fourth-order valence-corrected chi connectivity index (χ4v) is 3.12. The van der Waals surface area contributed by atoms with Crippen LogP contribution in [0.25, 0.3) is 0 Å². The Hall–Kier alpha value is -1.02. The molecule has 18 heavy (non-hydrogen) atoms. The van der Waals surface area contributed by atoms with Gasteiger partial charge in [-0.05, 0) is 55.8 Å². The molecule has 3 rings (SSSR count). The number of piperidine rings is 1. The molecule has 2 heteroatoms. The van der Waals surface area contributed by atoms with E-state index in [9.17, 15) is 0 Å². The quantitative estimate of drug-likeness (QED) is 0.880. The average molecular weight is 245 g/mol. The summed E-state index contributed by atoms with van der Waals surface area (Å²) in [5.74, 6) is 1.10. The van der Waals surface area contributed by atoms with Gasteiger partial charge in [0, 0.05) is 12.5 Å². The van der Waals surface area contributed by atoms with E-state index in [-0.39, 0.29) is 0 Å². The maximum Gasteiger partial charge on any atom is 0.122 e. The highest BCUT2D eigenvalue weighted by molar-refractivity contribution is 5.39. The van der Waals surface area contributed by atoms with Gasteiger partial charge in [0.25, 0.3) is 0 Å². The van der Waals surface area contributed by atoms with Crippen LogP contribution in [0.2, 0.25) is 0 Å². The Morgan fingerprint density at radius 2 is 2.28 bits per heavy atom. The first-order valence-electron chi connectivity index (χ1n) is 7.40. The van der Waals surface area contributed by atoms with E-state index < -0.39 is 0 Å². The Labute approximate surface area is 110 Å². The Morgan fingerprint density at radius 1 is 1.28 bits per heavy atom. The third-order valence-corrected chi connectivity index (χ3v) is 4.18. The first-order valence-corrected chi connectivity index (χ1v) is 7.40. The Morgan fingerprint density at radius 3 is 3.17 bits per heavy atom. The number of hydrogen-bond acceptors (Lipinski definition) is 2. The third-order valence-electron chi connectivity index (χ3n) is 4.18. The van der Waals surface area contributed by atoms with E-state index in [0.717, 1.165) is 24.8 Å². The van der Waals surface area contributed by atoms with Gasteiger partial charge in [-0.3, -0.25) is 0 Å². The van der Waals surface area contributed by atoms with Crippen LogP contribution >= 0.6 is 0 Å². The maximum atomic E-state index is 5.54. The van der Waals surface area contributed by atoms with Gasteiger partial charge in [0.2, 0.25) is 0 Å². The molecule has 1 aromatic carbocycles. The highest BCUT2D eigenvalue weighted by Crippen LogP contribution is 2.26. The van der Waals surface area contributed by atoms with E-state index in [0.29, 0.717) is 0 Å². The molecule has 1 N–H and O–H groups in total. The van der Waals surface area contributed by atoms with Crippen LogP contribution in [0, 0.1) is 0 Å². The number of benzene rings is 1. The number of ether oxygens (including phenoxy) is 1. The summed E-state index contributed by atoms with van der Waals surface area (Å²) in [5.41, 5.74) is 2.89. The van der Waals surface area contributed by atoms with Crippen LogP contribution in [0.3, 0.4) is 0 Å². The van der Waals surface area contributed by atoms with Gasteiger partial charge in [0.15, 0.2) is 0 Å². The lowest BCUT2D eigenvalue weighted by molar-refractivity contribution is 0.356. The van der Waals surface area contributed by atoms with Crippen LogP contribution in [0.5, 0.6) is 5.75 Å². The Kier molecular flexibility index (Phi) is 3.84. The minimum atomic E-state index is 0.775. The van der Waals surface area contributed by atoms with Gasteiger partial charge in [-0.15, -0.1) is 0 Å². The summed E-state index contributed by atoms with van der Waals surface area (Å²) in [5, 5.41) is 3.63. The van der Waals surface area contributed by atoms with Crippen LogP contribution in [0.15, 0.2) is 18.2 Å². The van der Waals surface area contributed by atoms with E-state index >= 15 is 0 Å². The SMILES string of the molecule is c1cc2c(cc1CCCC1CCCCN1)CCO2. The summed E-state index contributed by atoms with van der Waals surface area (Å²) in [4.78, 5) is 0. The molecule has 1 saturated heterocycles. The fourth-order valence-electron chi connectivity index (χ4n) is 3.12. The van der Waals surface area contributed by atoms with Gasteiger partial charge < -0.3 is 10.1 Å². The summed E-state index contributed by atoms with van der Waals surface area (Å²) in [7, 11) is 0. The van der Waals surface area contributed by atoms with Crippen molar-refractivity contribution >= 4 is 0 Å². The molecule has 98 valence electrons. The van der Waals surface area contributed by atoms with Crippen molar-refractivity contribution in [3.63, 3.8) is 0 Å². The summed E-state index contributed by atoms with van der Waals surface area (Å²) in [6.07, 6.45) is 9.08. The van der Waals surface area contributed by atoms with Crippen molar-refractivity contribution in [1.82, 2.24) is 5.32 Å². The molecule has 1 atom stereocenters. The lowest BCUT2D eigenvalue weighted by atomic mass is 9.97. The minimum Gasteiger partial charge on any atom is -0.493 e. The molecule has 2 nitrogen and oxygen atoms in total. The summed E-state index contributed by atoms with van der Waals surface area (Å²) < 4.78 is 5.54. The number of nitrogens with one attached hydrogen (secondary N) is 1. The zero-order valence-corrected chi connectivity index (χ0v) is 11.1. The molecular weight excluding hydrogens is 222 g/mol. The fraction of sp³-hybridized carbons (Fsp3) is 0.625. The van der Waals surface area contributed by atoms with E-state index in [4.69, 9.17) is 4.74 Å². The standard InChI is InChI=1S/C16H23NO/c1-2-10-17-15(5-1)6-3-4-13-7-8-16-14(12-13)9-11-18-16/h7-8,12,15,17H,1-6,9-11H2. The van der Waals surface area contributed by atoms with Gasteiger partial charge >= 0.3 is 0 Å². The summed E-state index contributed by atoms with van der Waals surface area (Å²) >= 11 is 0. The van der Waals surface area contributed by atoms with Crippen molar-refractivity contribution < 1.29 is 4.74 Å². The van der Waals surface area contributed by atoms with Crippen LogP contribution in [-0.2, 0) is 12.8 Å². The first-order chi connectivity index (χ1) is 8.92. The normalized spacial score (nSPS) is 22.6. The van der Waals surface area contributed by atoms with E-state index in [1.165, 1.54) is 56.2 Å². The lowest BCUT2D eigenvalue weighted by Gasteiger charge is -2.23. The number of aryl methyl sites for hydroxylation is 1. The molecule has 0 spiro atoms. The predicted molar refractivity (Wildman–Crippen MR) is 74.2 cm³/mol. The largest absolute Gasteiger partial charge is 0.493 e. The molecule has 0 aliphatic carbocycles. The number of hydrogen-bond donors (Lipinski definition) is 1. The van der Waals surface area contributed by atoms with E-state index in [1.54, 1.807) is 0 Å². The van der Waals surface area contributed by atoms with Gasteiger partial charge in [0.05, 0.1) is 6.61 Å². The molecular formula is C16H23NO. The Bertz CT molecular complexity index is 396. The third kappa shape index (κ3) is 2.86. The predicted octanol–water partition coefficient (Wildman–Crippen LogP) is 3.09. The Balaban J connectivity index is 1.48. The highest BCUT2D eigenvalue weighted by Gasteiger charge is 2.13. The van der Waals surface area contributed by atoms with Crippen molar-refractivity contribution in [2.45, 2.75) is 51.0 Å². The van der Waals surface area contributed by atoms with Crippen molar-refractivity contribution in [2.75, 3.05) is 13.2 Å². The molecule has 0 amide bonds. The summed E-state index contributed by atoms with van der Waals surface area (Å²) in [6.45, 7) is 2.09. The molecule has 0 saturated carbocycles. The van der Waals surface area contributed by atoms with Gasteiger partial charge in [-0.25, -0.2) is 0 Å². The molecule has 1 aromatic rings. The zero-order chi connectivity index (χ0) is 12.2. The van der Waals surface area contributed by atoms with Crippen LogP contribution < -0.4 is 10.1 Å². The van der Waals surface area contributed by atoms with Crippen LogP contribution in [-0.4, -0.2) is 19.2 Å². The molecule has 2 aliphatic rings. The van der Waals surface area contributed by atoms with Crippen molar-refractivity contribution in [3.8, 4) is 5.75 Å². The second-order valence-electron chi connectivity index (χ2n) is 5.58. The molecule has 2 heterocycles. The van der Waals surface area contributed by atoms with Crippen LogP contribution in [0.4, 0.5) is 0 Å². The van der Waals surface area contributed by atoms with Gasteiger partial charge in [-0.1, -0.05) is 18.6 Å². The zero-order valence-electron chi connectivity index (χ0n) is 11.1. The average Bonchev–Trinajstić information content (AvgIpc) is 2.87. The van der Waals surface area contributed by atoms with Gasteiger partial charge in [0.1, 0.15) is 5.75 Å². The van der Waals surface area contributed by atoms with Crippen LogP contribution in [0.1, 0.15) is 43.2 Å². The minimum absolute atomic E-state index is 0.775. The van der Waals surface area contributed by atoms with E-state index in [1.807, 2.05) is 0 Å². The lowest BCUT2D eigenvalue weighted by Crippen LogP contribution is -2.33. The topological polar surface area (TPSA) is 21.3 Å². The molecule has 2 aliphatic heterocycles. The maximum absolute atomic E-state index is 5.54. The van der Waals surface area contributed by atoms with E-state index in [2.05, 4.69) is 23.5 Å². The molecule has 0 bridgehead atoms. The van der Waals surface area contributed by atoms with Crippen molar-refractivity contribution in [1.29, 1.82) is 0 Å². The number of rotatable bonds is 4. The summed E-state index contributed by atoms with van der Waals surface area (Å²) in [6, 6.07) is 7.50. The number of fused-ring (bicyclic) bond motifs is 1. The smallest absolute Gasteiger partial charge is 0.122 e. The monoisotopic (exact) mass is 245 g/mol. The van der Waals surface area contributed by atoms with Gasteiger partial charge in [-0.2, -0.15) is 0 Å². The molecule has 0 radical (unpaired) electrons. The molecule has 0 aromatic heterocycles. The van der Waals surface area contributed by atoms with Crippen molar-refractivity contribution in [3.05, 3.63) is 29.3 Å². The molecule has 1 unspecified atom stereocenters. The molecule has 1 fully saturated rings. The van der Waals surface area contributed by atoms with Crippen molar-refractivity contribution in [2.24, 2.45) is 0 Å². The second-order valence-corrected chi connectivity index (χ2v) is 5.58. The highest BCUT2D eigenvalue weighted by atomic mass is 16.5. The second kappa shape index (κ2) is 5.75.